The largest absolute Gasteiger partial charge is 0.496 e. The zero-order valence-electron chi connectivity index (χ0n) is 9.88. The highest BCUT2D eigenvalue weighted by atomic mass is 35.5. The number of carbonyl (C=O) groups excluding carboxylic acids is 1. The van der Waals surface area contributed by atoms with Gasteiger partial charge in [0.25, 0.3) is 5.91 Å². The normalized spacial score (nSPS) is 10.2. The Morgan fingerprint density at radius 1 is 1.50 bits per heavy atom. The number of ether oxygens (including phenoxy) is 1. The van der Waals surface area contributed by atoms with E-state index in [9.17, 15) is 4.79 Å². The molecule has 0 unspecified atom stereocenters. The van der Waals surface area contributed by atoms with Crippen molar-refractivity contribution >= 4 is 34.0 Å². The number of amides is 1. The van der Waals surface area contributed by atoms with Gasteiger partial charge < -0.3 is 4.74 Å². The van der Waals surface area contributed by atoms with Gasteiger partial charge >= 0.3 is 0 Å². The van der Waals surface area contributed by atoms with Crippen molar-refractivity contribution in [2.24, 2.45) is 0 Å². The fourth-order valence-electron chi connectivity index (χ4n) is 1.49. The van der Waals surface area contributed by atoms with Crippen molar-refractivity contribution in [2.45, 2.75) is 0 Å². The summed E-state index contributed by atoms with van der Waals surface area (Å²) in [5, 5.41) is 2.98. The predicted octanol–water partition coefficient (Wildman–Crippen LogP) is 3.08. The first-order valence-electron chi connectivity index (χ1n) is 5.14. The lowest BCUT2D eigenvalue weighted by Crippen LogP contribution is -2.26. The molecular formula is C12H11ClN2O2S. The average Bonchev–Trinajstić information content (AvgIpc) is 2.90. The molecule has 4 nitrogen and oxygen atoms in total. The summed E-state index contributed by atoms with van der Waals surface area (Å²) in [5.74, 6) is 0.273. The summed E-state index contributed by atoms with van der Waals surface area (Å²) in [4.78, 5) is 17.9. The molecule has 0 aliphatic carbocycles. The van der Waals surface area contributed by atoms with E-state index < -0.39 is 0 Å². The number of aromatic nitrogens is 1. The van der Waals surface area contributed by atoms with Gasteiger partial charge in [-0.3, -0.25) is 9.69 Å². The monoisotopic (exact) mass is 282 g/mol. The molecule has 1 aromatic carbocycles. The third-order valence-corrected chi connectivity index (χ3v) is 3.49. The topological polar surface area (TPSA) is 42.4 Å². The van der Waals surface area contributed by atoms with E-state index in [1.165, 1.54) is 23.3 Å². The molecule has 0 atom stereocenters. The van der Waals surface area contributed by atoms with Gasteiger partial charge in [0.05, 0.1) is 12.7 Å². The van der Waals surface area contributed by atoms with Gasteiger partial charge in [-0.25, -0.2) is 4.98 Å². The van der Waals surface area contributed by atoms with Crippen LogP contribution in [-0.2, 0) is 0 Å². The lowest BCUT2D eigenvalue weighted by atomic mass is 10.2. The third kappa shape index (κ3) is 2.47. The highest BCUT2D eigenvalue weighted by molar-refractivity contribution is 7.13. The van der Waals surface area contributed by atoms with E-state index in [2.05, 4.69) is 4.98 Å². The molecule has 2 rings (SSSR count). The molecule has 0 bridgehead atoms. The Morgan fingerprint density at radius 3 is 2.89 bits per heavy atom. The summed E-state index contributed by atoms with van der Waals surface area (Å²) in [7, 11) is 3.18. The summed E-state index contributed by atoms with van der Waals surface area (Å²) in [5.41, 5.74) is 0.458. The van der Waals surface area contributed by atoms with Crippen LogP contribution < -0.4 is 9.64 Å². The fraction of sp³-hybridized carbons (Fsp3) is 0.167. The average molecular weight is 283 g/mol. The molecule has 0 aliphatic rings. The molecule has 6 heteroatoms. The zero-order valence-corrected chi connectivity index (χ0v) is 11.5. The molecule has 0 saturated carbocycles. The van der Waals surface area contributed by atoms with Crippen molar-refractivity contribution in [1.29, 1.82) is 0 Å². The van der Waals surface area contributed by atoms with Crippen molar-refractivity contribution in [3.8, 4) is 5.75 Å². The number of hydrogen-bond acceptors (Lipinski definition) is 4. The van der Waals surface area contributed by atoms with Crippen molar-refractivity contribution in [3.63, 3.8) is 0 Å². The van der Waals surface area contributed by atoms with Crippen LogP contribution in [0.2, 0.25) is 5.02 Å². The molecule has 0 saturated heterocycles. The van der Waals surface area contributed by atoms with Gasteiger partial charge in [0.2, 0.25) is 0 Å². The van der Waals surface area contributed by atoms with Crippen LogP contribution in [0.5, 0.6) is 5.75 Å². The number of benzene rings is 1. The van der Waals surface area contributed by atoms with E-state index in [1.807, 2.05) is 5.38 Å². The van der Waals surface area contributed by atoms with Gasteiger partial charge in [-0.05, 0) is 18.2 Å². The SMILES string of the molecule is COc1cc(Cl)ccc1C(=O)N(C)c1nccs1. The Hall–Kier alpha value is -1.59. The van der Waals surface area contributed by atoms with Crippen LogP contribution in [-0.4, -0.2) is 25.0 Å². The Balaban J connectivity index is 2.34. The summed E-state index contributed by atoms with van der Waals surface area (Å²) in [6.45, 7) is 0. The van der Waals surface area contributed by atoms with Gasteiger partial charge in [0.15, 0.2) is 5.13 Å². The van der Waals surface area contributed by atoms with Gasteiger partial charge in [0, 0.05) is 23.6 Å². The lowest BCUT2D eigenvalue weighted by Gasteiger charge is -2.15. The maximum Gasteiger partial charge on any atom is 0.263 e. The summed E-state index contributed by atoms with van der Waals surface area (Å²) >= 11 is 7.26. The first-order valence-corrected chi connectivity index (χ1v) is 6.40. The van der Waals surface area contributed by atoms with Crippen LogP contribution >= 0.6 is 22.9 Å². The number of carbonyl (C=O) groups is 1. The molecule has 0 aliphatic heterocycles. The van der Waals surface area contributed by atoms with Crippen LogP contribution in [0, 0.1) is 0 Å². The second kappa shape index (κ2) is 5.37. The summed E-state index contributed by atoms with van der Waals surface area (Å²) in [6, 6.07) is 4.92. The van der Waals surface area contributed by atoms with Gasteiger partial charge in [-0.15, -0.1) is 11.3 Å². The number of rotatable bonds is 3. The van der Waals surface area contributed by atoms with E-state index >= 15 is 0 Å². The Labute approximate surface area is 114 Å². The second-order valence-electron chi connectivity index (χ2n) is 3.52. The summed E-state index contributed by atoms with van der Waals surface area (Å²) < 4.78 is 5.17. The number of halogens is 1. The van der Waals surface area contributed by atoms with Crippen LogP contribution in [0.1, 0.15) is 10.4 Å². The van der Waals surface area contributed by atoms with Gasteiger partial charge in [-0.2, -0.15) is 0 Å². The van der Waals surface area contributed by atoms with E-state index in [-0.39, 0.29) is 5.91 Å². The Bertz CT molecular complexity index is 557. The van der Waals surface area contributed by atoms with Crippen molar-refractivity contribution < 1.29 is 9.53 Å². The standard InChI is InChI=1S/C12H11ClN2O2S/c1-15(12-14-5-6-18-12)11(16)9-4-3-8(13)7-10(9)17-2/h3-7H,1-2H3. The first kappa shape index (κ1) is 12.9. The molecule has 1 aromatic heterocycles. The maximum absolute atomic E-state index is 12.3. The smallest absolute Gasteiger partial charge is 0.263 e. The van der Waals surface area contributed by atoms with Gasteiger partial charge in [0.1, 0.15) is 5.75 Å². The quantitative estimate of drug-likeness (QED) is 0.869. The first-order chi connectivity index (χ1) is 8.63. The van der Waals surface area contributed by atoms with E-state index in [4.69, 9.17) is 16.3 Å². The molecule has 0 spiro atoms. The van der Waals surface area contributed by atoms with Gasteiger partial charge in [-0.1, -0.05) is 11.6 Å². The van der Waals surface area contributed by atoms with Crippen LogP contribution in [0.25, 0.3) is 0 Å². The molecule has 94 valence electrons. The Kier molecular flexibility index (Phi) is 3.84. The number of hydrogen-bond donors (Lipinski definition) is 0. The number of thiazole rings is 1. The van der Waals surface area contributed by atoms with E-state index in [0.29, 0.717) is 21.5 Å². The number of nitrogens with zero attached hydrogens (tertiary/aromatic N) is 2. The second-order valence-corrected chi connectivity index (χ2v) is 4.83. The number of methoxy groups -OCH3 is 1. The Morgan fingerprint density at radius 2 is 2.28 bits per heavy atom. The molecule has 18 heavy (non-hydrogen) atoms. The molecule has 1 heterocycles. The highest BCUT2D eigenvalue weighted by Gasteiger charge is 2.19. The molecule has 0 fully saturated rings. The fourth-order valence-corrected chi connectivity index (χ4v) is 2.26. The van der Waals surface area contributed by atoms with Crippen LogP contribution in [0.4, 0.5) is 5.13 Å². The lowest BCUT2D eigenvalue weighted by molar-refractivity contribution is 0.0990. The van der Waals surface area contributed by atoms with E-state index in [1.54, 1.807) is 31.4 Å². The molecular weight excluding hydrogens is 272 g/mol. The maximum atomic E-state index is 12.3. The predicted molar refractivity (Wildman–Crippen MR) is 72.9 cm³/mol. The van der Waals surface area contributed by atoms with Crippen LogP contribution in [0.15, 0.2) is 29.8 Å². The highest BCUT2D eigenvalue weighted by Crippen LogP contribution is 2.26. The molecule has 2 aromatic rings. The number of anilines is 1. The van der Waals surface area contributed by atoms with Crippen molar-refractivity contribution in [3.05, 3.63) is 40.4 Å². The zero-order chi connectivity index (χ0) is 13.1. The van der Waals surface area contributed by atoms with E-state index in [0.717, 1.165) is 0 Å². The minimum absolute atomic E-state index is 0.182. The van der Waals surface area contributed by atoms with Crippen LogP contribution in [0.3, 0.4) is 0 Å². The van der Waals surface area contributed by atoms with Crippen molar-refractivity contribution in [2.75, 3.05) is 19.1 Å². The summed E-state index contributed by atoms with van der Waals surface area (Å²) in [6.07, 6.45) is 1.66. The molecule has 0 radical (unpaired) electrons. The van der Waals surface area contributed by atoms with Crippen molar-refractivity contribution in [1.82, 2.24) is 4.98 Å². The third-order valence-electron chi connectivity index (χ3n) is 2.40. The minimum Gasteiger partial charge on any atom is -0.496 e. The molecule has 0 N–H and O–H groups in total. The molecule has 1 amide bonds. The minimum atomic E-state index is -0.182.